The van der Waals surface area contributed by atoms with E-state index in [2.05, 4.69) is 168 Å². The van der Waals surface area contributed by atoms with Crippen LogP contribution in [0.5, 0.6) is 0 Å². The Morgan fingerprint density at radius 1 is 0.392 bits per heavy atom. The summed E-state index contributed by atoms with van der Waals surface area (Å²) >= 11 is 2.20. The van der Waals surface area contributed by atoms with Gasteiger partial charge in [-0.3, -0.25) is 0 Å². The van der Waals surface area contributed by atoms with Gasteiger partial charge in [0, 0.05) is 20.2 Å². The first kappa shape index (κ1) is 28.0. The van der Waals surface area contributed by atoms with E-state index in [-0.39, 0.29) is 0 Å². The van der Waals surface area contributed by atoms with Crippen molar-refractivity contribution in [3.63, 3.8) is 0 Å². The van der Waals surface area contributed by atoms with Gasteiger partial charge in [-0.25, -0.2) is 0 Å². The first-order valence-corrected chi connectivity index (χ1v) is 20.0. The number of aromatic nitrogens is 1. The molecule has 1 nitrogen and oxygen atoms in total. The molecular formula is C48H27NSSe. The Morgan fingerprint density at radius 3 is 1.84 bits per heavy atom. The van der Waals surface area contributed by atoms with Gasteiger partial charge in [0.05, 0.1) is 0 Å². The van der Waals surface area contributed by atoms with Crippen molar-refractivity contribution in [1.29, 1.82) is 0 Å². The van der Waals surface area contributed by atoms with Crippen LogP contribution in [-0.2, 0) is 0 Å². The van der Waals surface area contributed by atoms with Crippen molar-refractivity contribution in [1.82, 2.24) is 4.40 Å². The SMILES string of the molecule is c1cc(-c2ccc3c(c2)c2cccc4c5cccc6sc7cccc(c8ccccc8n3c42)c7c65)cc(-c2cccc3c2[se]c2ccccc23)c1. The fourth-order valence-corrected chi connectivity index (χ4v) is 12.5. The summed E-state index contributed by atoms with van der Waals surface area (Å²) in [6, 6.07) is 61.6. The topological polar surface area (TPSA) is 4.41 Å². The van der Waals surface area contributed by atoms with E-state index in [4.69, 9.17) is 0 Å². The average Bonchev–Trinajstić information content (AvgIpc) is 3.87. The normalized spacial score (nSPS) is 12.3. The summed E-state index contributed by atoms with van der Waals surface area (Å²) in [4.78, 5) is 0. The fourth-order valence-electron chi connectivity index (χ4n) is 8.77. The van der Waals surface area contributed by atoms with E-state index in [9.17, 15) is 0 Å². The van der Waals surface area contributed by atoms with Gasteiger partial charge in [0.1, 0.15) is 0 Å². The zero-order valence-corrected chi connectivity index (χ0v) is 29.9. The van der Waals surface area contributed by atoms with Crippen LogP contribution < -0.4 is 0 Å². The van der Waals surface area contributed by atoms with E-state index in [0.717, 1.165) is 0 Å². The molecule has 51 heavy (non-hydrogen) atoms. The van der Waals surface area contributed by atoms with Crippen LogP contribution in [0.2, 0.25) is 0 Å². The molecule has 236 valence electrons. The Balaban J connectivity index is 1.17. The number of rotatable bonds is 2. The molecule has 0 aliphatic rings. The summed E-state index contributed by atoms with van der Waals surface area (Å²) in [5.41, 5.74) is 8.85. The van der Waals surface area contributed by atoms with Gasteiger partial charge in [-0.2, -0.15) is 0 Å². The van der Waals surface area contributed by atoms with Crippen LogP contribution in [0.3, 0.4) is 0 Å². The number of para-hydroxylation sites is 2. The second-order valence-corrected chi connectivity index (χ2v) is 16.9. The minimum absolute atomic E-state index is 0.301. The van der Waals surface area contributed by atoms with Crippen LogP contribution in [0, 0.1) is 0 Å². The molecule has 4 heterocycles. The number of benzene rings is 8. The van der Waals surface area contributed by atoms with Crippen molar-refractivity contribution in [2.75, 3.05) is 0 Å². The van der Waals surface area contributed by atoms with Crippen LogP contribution in [0.25, 0.3) is 111 Å². The number of hydrogen-bond acceptors (Lipinski definition) is 1. The van der Waals surface area contributed by atoms with E-state index in [1.54, 1.807) is 0 Å². The molecule has 0 fully saturated rings. The summed E-state index contributed by atoms with van der Waals surface area (Å²) in [6.07, 6.45) is 0. The molecule has 8 aromatic carbocycles. The monoisotopic (exact) mass is 729 g/mol. The minimum atomic E-state index is 0.301. The number of fused-ring (bicyclic) bond motifs is 10. The first-order valence-electron chi connectivity index (χ1n) is 17.4. The van der Waals surface area contributed by atoms with Crippen LogP contribution in [-0.4, -0.2) is 18.9 Å². The molecule has 0 bridgehead atoms. The zero-order valence-electron chi connectivity index (χ0n) is 27.4. The molecule has 0 amide bonds. The molecule has 0 spiro atoms. The van der Waals surface area contributed by atoms with Crippen molar-refractivity contribution in [3.05, 3.63) is 164 Å². The van der Waals surface area contributed by atoms with E-state index in [1.165, 1.54) is 111 Å². The summed E-state index contributed by atoms with van der Waals surface area (Å²) in [7, 11) is 0. The van der Waals surface area contributed by atoms with Crippen molar-refractivity contribution >= 4 is 114 Å². The molecule has 0 saturated carbocycles. The second kappa shape index (κ2) is 10.4. The van der Waals surface area contributed by atoms with Crippen LogP contribution in [0.4, 0.5) is 0 Å². The van der Waals surface area contributed by atoms with Crippen LogP contribution >= 0.6 is 11.3 Å². The molecule has 0 radical (unpaired) electrons. The summed E-state index contributed by atoms with van der Waals surface area (Å²) in [5.74, 6) is 0. The van der Waals surface area contributed by atoms with E-state index in [1.807, 2.05) is 11.3 Å². The van der Waals surface area contributed by atoms with Crippen molar-refractivity contribution in [3.8, 4) is 22.3 Å². The predicted molar refractivity (Wildman–Crippen MR) is 223 cm³/mol. The van der Waals surface area contributed by atoms with E-state index in [0.29, 0.717) is 14.5 Å². The fraction of sp³-hybridized carbons (Fsp3) is 0. The number of thiophene rings is 1. The number of nitrogens with zero attached hydrogens (tertiary/aromatic N) is 1. The molecule has 0 aliphatic heterocycles. The molecule has 3 heteroatoms. The molecule has 0 unspecified atom stereocenters. The standard InChI is InChI=1S/C48H27NSSe/c1-3-20-40-32(12-1)34-15-8-21-42-45(34)46-35(16-9-22-43(46)50-42)36-17-7-18-37-39-27-29(24-25-41(39)49(40)47(36)37)28-10-5-11-30(26-28)31-14-6-19-38-33-13-2-4-23-44(33)51-48(31)38/h1-27H. The molecule has 12 aromatic rings. The third-order valence-corrected chi connectivity index (χ3v) is 14.6. The van der Waals surface area contributed by atoms with Gasteiger partial charge in [0.15, 0.2) is 0 Å². The Labute approximate surface area is 303 Å². The van der Waals surface area contributed by atoms with Gasteiger partial charge in [-0.15, -0.1) is 11.3 Å². The Hall–Kier alpha value is -5.70. The van der Waals surface area contributed by atoms with Crippen molar-refractivity contribution < 1.29 is 0 Å². The Morgan fingerprint density at radius 2 is 0.980 bits per heavy atom. The summed E-state index contributed by atoms with van der Waals surface area (Å²) < 4.78 is 8.19. The van der Waals surface area contributed by atoms with Gasteiger partial charge in [0.2, 0.25) is 0 Å². The van der Waals surface area contributed by atoms with E-state index < -0.39 is 0 Å². The Kier molecular flexibility index (Phi) is 5.73. The quantitative estimate of drug-likeness (QED) is 0.156. The van der Waals surface area contributed by atoms with Crippen molar-refractivity contribution in [2.45, 2.75) is 0 Å². The summed E-state index contributed by atoms with van der Waals surface area (Å²) in [6.45, 7) is 0. The van der Waals surface area contributed by atoms with Gasteiger partial charge >= 0.3 is 213 Å². The Bertz CT molecular complexity index is 3430. The summed E-state index contributed by atoms with van der Waals surface area (Å²) in [5, 5.41) is 13.2. The van der Waals surface area contributed by atoms with Gasteiger partial charge in [-0.1, -0.05) is 42.5 Å². The third-order valence-electron chi connectivity index (χ3n) is 10.9. The van der Waals surface area contributed by atoms with Gasteiger partial charge in [0.25, 0.3) is 0 Å². The average molecular weight is 729 g/mol. The van der Waals surface area contributed by atoms with Crippen LogP contribution in [0.15, 0.2) is 164 Å². The van der Waals surface area contributed by atoms with Crippen LogP contribution in [0.1, 0.15) is 0 Å². The molecular weight excluding hydrogens is 702 g/mol. The predicted octanol–water partition coefficient (Wildman–Crippen LogP) is 13.6. The number of hydrogen-bond donors (Lipinski definition) is 0. The molecule has 12 rings (SSSR count). The second-order valence-electron chi connectivity index (χ2n) is 13.6. The maximum absolute atomic E-state index is 2.54. The first-order chi connectivity index (χ1) is 25.3. The molecule has 0 atom stereocenters. The van der Waals surface area contributed by atoms with Crippen molar-refractivity contribution in [2.24, 2.45) is 0 Å². The third kappa shape index (κ3) is 3.86. The van der Waals surface area contributed by atoms with E-state index >= 15 is 0 Å². The molecule has 0 aliphatic carbocycles. The molecule has 0 saturated heterocycles. The molecule has 4 aromatic heterocycles. The maximum atomic E-state index is 2.54. The molecule has 0 N–H and O–H groups in total. The van der Waals surface area contributed by atoms with Gasteiger partial charge < -0.3 is 0 Å². The zero-order chi connectivity index (χ0) is 33.2. The van der Waals surface area contributed by atoms with Gasteiger partial charge in [-0.05, 0) is 17.5 Å².